The van der Waals surface area contributed by atoms with Crippen LogP contribution in [-0.4, -0.2) is 70.0 Å². The zero-order valence-corrected chi connectivity index (χ0v) is 42.2. The van der Waals surface area contributed by atoms with E-state index < -0.39 is 26.5 Å². The van der Waals surface area contributed by atoms with E-state index in [1.807, 2.05) is 21.1 Å². The van der Waals surface area contributed by atoms with Crippen molar-refractivity contribution >= 4 is 19.8 Å². The number of unbranched alkanes of at least 4 members (excludes halogenated alkanes) is 22. The van der Waals surface area contributed by atoms with Crippen LogP contribution in [0.3, 0.4) is 0 Å². The van der Waals surface area contributed by atoms with Crippen LogP contribution in [0, 0.1) is 0 Å². The van der Waals surface area contributed by atoms with Crippen LogP contribution in [0.4, 0.5) is 0 Å². The van der Waals surface area contributed by atoms with Gasteiger partial charge in [-0.25, -0.2) is 0 Å². The second-order valence-corrected chi connectivity index (χ2v) is 19.6. The molecule has 0 aliphatic rings. The summed E-state index contributed by atoms with van der Waals surface area (Å²) in [4.78, 5) is 37.7. The summed E-state index contributed by atoms with van der Waals surface area (Å²) in [5.41, 5.74) is 0. The van der Waals surface area contributed by atoms with Crippen molar-refractivity contribution in [2.45, 2.75) is 219 Å². The highest BCUT2D eigenvalue weighted by Gasteiger charge is 2.21. The minimum Gasteiger partial charge on any atom is -0.756 e. The van der Waals surface area contributed by atoms with Gasteiger partial charge in [-0.1, -0.05) is 203 Å². The number of allylic oxidation sites excluding steroid dienone is 10. The van der Waals surface area contributed by atoms with Gasteiger partial charge in [0.25, 0.3) is 7.82 Å². The number of nitrogens with zero attached hydrogens (tertiary/aromatic N) is 1. The van der Waals surface area contributed by atoms with Crippen molar-refractivity contribution in [2.24, 2.45) is 0 Å². The lowest BCUT2D eigenvalue weighted by Gasteiger charge is -2.28. The fraction of sp³-hybridized carbons (Fsp3) is 0.774. The summed E-state index contributed by atoms with van der Waals surface area (Å²) in [5, 5.41) is 0. The molecule has 0 aliphatic carbocycles. The standard InChI is InChI=1S/C53H96NO8P/c1-6-8-10-12-14-16-18-20-22-24-25-26-27-28-29-30-32-34-36-38-40-42-44-46-53(56)62-51(50-61-63(57,58)60-48-47-54(3,4)5)49-59-52(55)45-43-41-39-37-35-33-31-23-21-19-17-15-13-11-9-7-2/h8,10,14,16,20,22,25-26,28-29,51H,6-7,9,11-13,15,17-19,21,23-24,27,30-50H2,1-5H3/b10-8-,16-14-,22-20-,26-25-,29-28-. The second-order valence-electron chi connectivity index (χ2n) is 18.2. The topological polar surface area (TPSA) is 111 Å². The van der Waals surface area contributed by atoms with Crippen molar-refractivity contribution in [1.29, 1.82) is 0 Å². The number of carbonyl (C=O) groups is 2. The maximum absolute atomic E-state index is 12.7. The van der Waals surface area contributed by atoms with Crippen LogP contribution in [0.25, 0.3) is 0 Å². The van der Waals surface area contributed by atoms with Crippen molar-refractivity contribution in [3.8, 4) is 0 Å². The largest absolute Gasteiger partial charge is 0.756 e. The normalized spacial score (nSPS) is 13.9. The van der Waals surface area contributed by atoms with E-state index in [1.165, 1.54) is 103 Å². The highest BCUT2D eigenvalue weighted by Crippen LogP contribution is 2.38. The van der Waals surface area contributed by atoms with E-state index in [0.717, 1.165) is 77.0 Å². The predicted molar refractivity (Wildman–Crippen MR) is 263 cm³/mol. The number of hydrogen-bond acceptors (Lipinski definition) is 8. The number of phosphoric ester groups is 1. The molecule has 2 atom stereocenters. The first-order valence-corrected chi connectivity index (χ1v) is 27.0. The molecule has 0 bridgehead atoms. The molecule has 63 heavy (non-hydrogen) atoms. The van der Waals surface area contributed by atoms with E-state index in [1.54, 1.807) is 0 Å². The van der Waals surface area contributed by atoms with Crippen molar-refractivity contribution < 1.29 is 42.1 Å². The van der Waals surface area contributed by atoms with Gasteiger partial charge in [-0.15, -0.1) is 0 Å². The highest BCUT2D eigenvalue weighted by molar-refractivity contribution is 7.45. The fourth-order valence-electron chi connectivity index (χ4n) is 6.86. The predicted octanol–water partition coefficient (Wildman–Crippen LogP) is 14.6. The van der Waals surface area contributed by atoms with Gasteiger partial charge in [0.1, 0.15) is 19.8 Å². The molecule has 0 saturated heterocycles. The van der Waals surface area contributed by atoms with Gasteiger partial charge in [-0.2, -0.15) is 0 Å². The van der Waals surface area contributed by atoms with Crippen LogP contribution in [-0.2, 0) is 32.7 Å². The third-order valence-electron chi connectivity index (χ3n) is 10.8. The molecule has 0 N–H and O–H groups in total. The maximum Gasteiger partial charge on any atom is 0.306 e. The Bertz CT molecular complexity index is 1250. The van der Waals surface area contributed by atoms with Gasteiger partial charge in [0, 0.05) is 12.8 Å². The molecule has 0 aromatic rings. The molecule has 0 rings (SSSR count). The second kappa shape index (κ2) is 44.9. The maximum atomic E-state index is 12.7. The monoisotopic (exact) mass is 906 g/mol. The summed E-state index contributed by atoms with van der Waals surface area (Å²) in [6.07, 6.45) is 55.3. The molecule has 0 fully saturated rings. The molecule has 366 valence electrons. The van der Waals surface area contributed by atoms with Crippen LogP contribution >= 0.6 is 7.82 Å². The number of carbonyl (C=O) groups excluding carboxylic acids is 2. The van der Waals surface area contributed by atoms with Crippen molar-refractivity contribution in [2.75, 3.05) is 47.5 Å². The van der Waals surface area contributed by atoms with E-state index in [2.05, 4.69) is 74.6 Å². The molecular weight excluding hydrogens is 810 g/mol. The van der Waals surface area contributed by atoms with Crippen molar-refractivity contribution in [3.05, 3.63) is 60.8 Å². The number of quaternary nitrogens is 1. The summed E-state index contributed by atoms with van der Waals surface area (Å²) in [6, 6.07) is 0. The van der Waals surface area contributed by atoms with Crippen molar-refractivity contribution in [3.63, 3.8) is 0 Å². The summed E-state index contributed by atoms with van der Waals surface area (Å²) < 4.78 is 34.0. The molecule has 0 radical (unpaired) electrons. The van der Waals surface area contributed by atoms with Crippen LogP contribution in [0.15, 0.2) is 60.8 Å². The third-order valence-corrected chi connectivity index (χ3v) is 11.8. The average Bonchev–Trinajstić information content (AvgIpc) is 3.24. The number of phosphoric acid groups is 1. The van der Waals surface area contributed by atoms with E-state index >= 15 is 0 Å². The minimum atomic E-state index is -4.63. The van der Waals surface area contributed by atoms with Gasteiger partial charge in [0.2, 0.25) is 0 Å². The molecular formula is C53H96NO8P. The quantitative estimate of drug-likeness (QED) is 0.0195. The van der Waals surface area contributed by atoms with Crippen LogP contribution < -0.4 is 4.89 Å². The van der Waals surface area contributed by atoms with Crippen LogP contribution in [0.2, 0.25) is 0 Å². The van der Waals surface area contributed by atoms with Gasteiger partial charge >= 0.3 is 11.9 Å². The summed E-state index contributed by atoms with van der Waals surface area (Å²) >= 11 is 0. The third kappa shape index (κ3) is 49.0. The van der Waals surface area contributed by atoms with Gasteiger partial charge < -0.3 is 27.9 Å². The average molecular weight is 906 g/mol. The van der Waals surface area contributed by atoms with Gasteiger partial charge in [0.05, 0.1) is 27.7 Å². The van der Waals surface area contributed by atoms with E-state index in [0.29, 0.717) is 17.4 Å². The Morgan fingerprint density at radius 1 is 0.508 bits per heavy atom. The first kappa shape index (κ1) is 60.7. The molecule has 0 saturated carbocycles. The zero-order valence-electron chi connectivity index (χ0n) is 41.3. The Labute approximate surface area is 387 Å². The molecule has 0 aromatic carbocycles. The zero-order chi connectivity index (χ0) is 46.4. The van der Waals surface area contributed by atoms with Gasteiger partial charge in [0.15, 0.2) is 6.10 Å². The highest BCUT2D eigenvalue weighted by atomic mass is 31.2. The number of hydrogen-bond donors (Lipinski definition) is 0. The summed E-state index contributed by atoms with van der Waals surface area (Å²) in [7, 11) is 1.16. The first-order chi connectivity index (χ1) is 30.5. The van der Waals surface area contributed by atoms with Gasteiger partial charge in [-0.05, 0) is 57.8 Å². The Kier molecular flexibility index (Phi) is 43.3. The smallest absolute Gasteiger partial charge is 0.306 e. The Hall–Kier alpha value is -2.29. The molecule has 0 aromatic heterocycles. The molecule has 0 spiro atoms. The Morgan fingerprint density at radius 3 is 1.35 bits per heavy atom. The Morgan fingerprint density at radius 2 is 0.905 bits per heavy atom. The van der Waals surface area contributed by atoms with E-state index in [4.69, 9.17) is 18.5 Å². The lowest BCUT2D eigenvalue weighted by Crippen LogP contribution is -2.37. The number of ether oxygens (including phenoxy) is 2. The minimum absolute atomic E-state index is 0.0344. The lowest BCUT2D eigenvalue weighted by atomic mass is 10.0. The number of esters is 2. The van der Waals surface area contributed by atoms with Gasteiger partial charge in [-0.3, -0.25) is 14.2 Å². The molecule has 0 amide bonds. The fourth-order valence-corrected chi connectivity index (χ4v) is 7.59. The molecule has 0 heterocycles. The molecule has 0 aliphatic heterocycles. The number of rotatable bonds is 46. The lowest BCUT2D eigenvalue weighted by molar-refractivity contribution is -0.870. The van der Waals surface area contributed by atoms with Crippen molar-refractivity contribution in [1.82, 2.24) is 0 Å². The summed E-state index contributed by atoms with van der Waals surface area (Å²) in [6.45, 7) is 4.12. The molecule has 9 nitrogen and oxygen atoms in total. The van der Waals surface area contributed by atoms with E-state index in [9.17, 15) is 19.0 Å². The summed E-state index contributed by atoms with van der Waals surface area (Å²) in [5.74, 6) is -0.843. The first-order valence-electron chi connectivity index (χ1n) is 25.5. The molecule has 10 heteroatoms. The number of likely N-dealkylation sites (N-methyl/N-ethyl adjacent to an activating group) is 1. The molecule has 2 unspecified atom stereocenters. The Balaban J connectivity index is 4.28. The van der Waals surface area contributed by atoms with Crippen LogP contribution in [0.5, 0.6) is 0 Å². The van der Waals surface area contributed by atoms with E-state index in [-0.39, 0.29) is 32.0 Å². The SMILES string of the molecule is CC/C=C\C/C=C\C/C=C\C/C=C\C/C=C\CCCCCCCCCC(=O)OC(COC(=O)CCCCCCCCCCCCCCCCCC)COP(=O)([O-])OCC[N+](C)(C)C. The van der Waals surface area contributed by atoms with Crippen LogP contribution in [0.1, 0.15) is 213 Å².